The van der Waals surface area contributed by atoms with Crippen LogP contribution in [0.25, 0.3) is 0 Å². The quantitative estimate of drug-likeness (QED) is 0.845. The molecule has 1 fully saturated rings. The Morgan fingerprint density at radius 2 is 2.17 bits per heavy atom. The molecular weight excluding hydrogens is 312 g/mol. The highest BCUT2D eigenvalue weighted by Crippen LogP contribution is 2.25. The zero-order chi connectivity index (χ0) is 15.9. The molecule has 1 amide bonds. The van der Waals surface area contributed by atoms with E-state index >= 15 is 0 Å². The third-order valence-corrected chi connectivity index (χ3v) is 5.00. The Morgan fingerprint density at radius 1 is 1.30 bits per heavy atom. The number of rotatable bonds is 7. The van der Waals surface area contributed by atoms with Crippen LogP contribution in [0.5, 0.6) is 0 Å². The Hall–Kier alpha value is -1.63. The van der Waals surface area contributed by atoms with E-state index < -0.39 is 0 Å². The first kappa shape index (κ1) is 16.2. The summed E-state index contributed by atoms with van der Waals surface area (Å²) in [5, 5.41) is 5.16. The number of amides is 1. The minimum absolute atomic E-state index is 0.0659. The SMILES string of the molecule is O=C(CCc1ccco1)NCC(c1cccs1)N1CCOCC1. The molecule has 1 unspecified atom stereocenters. The lowest BCUT2D eigenvalue weighted by molar-refractivity contribution is -0.121. The Labute approximate surface area is 140 Å². The lowest BCUT2D eigenvalue weighted by atomic mass is 10.1. The maximum atomic E-state index is 12.1. The summed E-state index contributed by atoms with van der Waals surface area (Å²) >= 11 is 1.74. The highest BCUT2D eigenvalue weighted by Gasteiger charge is 2.23. The van der Waals surface area contributed by atoms with E-state index in [1.165, 1.54) is 4.88 Å². The Morgan fingerprint density at radius 3 is 2.87 bits per heavy atom. The van der Waals surface area contributed by atoms with Crippen molar-refractivity contribution in [3.63, 3.8) is 0 Å². The third-order valence-electron chi connectivity index (χ3n) is 4.03. The monoisotopic (exact) mass is 334 g/mol. The molecular formula is C17H22N2O3S. The van der Waals surface area contributed by atoms with E-state index in [-0.39, 0.29) is 11.9 Å². The van der Waals surface area contributed by atoms with Crippen molar-refractivity contribution in [3.05, 3.63) is 46.5 Å². The number of morpholine rings is 1. The Bertz CT molecular complexity index is 577. The third kappa shape index (κ3) is 4.67. The highest BCUT2D eigenvalue weighted by atomic mass is 32.1. The van der Waals surface area contributed by atoms with Gasteiger partial charge in [-0.3, -0.25) is 9.69 Å². The highest BCUT2D eigenvalue weighted by molar-refractivity contribution is 7.10. The average Bonchev–Trinajstić information content (AvgIpc) is 3.28. The summed E-state index contributed by atoms with van der Waals surface area (Å²) in [6, 6.07) is 8.17. The summed E-state index contributed by atoms with van der Waals surface area (Å²) in [7, 11) is 0. The van der Waals surface area contributed by atoms with Gasteiger partial charge in [-0.15, -0.1) is 11.3 Å². The second-order valence-electron chi connectivity index (χ2n) is 5.56. The fourth-order valence-electron chi connectivity index (χ4n) is 2.77. The van der Waals surface area contributed by atoms with Gasteiger partial charge in [0.25, 0.3) is 0 Å². The van der Waals surface area contributed by atoms with Crippen LogP contribution in [-0.4, -0.2) is 43.7 Å². The number of carbonyl (C=O) groups excluding carboxylic acids is 1. The number of ether oxygens (including phenoxy) is 1. The fourth-order valence-corrected chi connectivity index (χ4v) is 3.63. The van der Waals surface area contributed by atoms with Crippen molar-refractivity contribution in [3.8, 4) is 0 Å². The Kier molecular flexibility index (Phi) is 5.85. The van der Waals surface area contributed by atoms with Gasteiger partial charge in [-0.25, -0.2) is 0 Å². The van der Waals surface area contributed by atoms with Crippen LogP contribution >= 0.6 is 11.3 Å². The van der Waals surface area contributed by atoms with Crippen molar-refractivity contribution in [2.75, 3.05) is 32.8 Å². The number of nitrogens with one attached hydrogen (secondary N) is 1. The van der Waals surface area contributed by atoms with Gasteiger partial charge in [-0.1, -0.05) is 6.07 Å². The molecule has 0 aliphatic carbocycles. The molecule has 0 radical (unpaired) electrons. The lowest BCUT2D eigenvalue weighted by Gasteiger charge is -2.34. The molecule has 1 saturated heterocycles. The molecule has 0 bridgehead atoms. The zero-order valence-electron chi connectivity index (χ0n) is 13.1. The molecule has 1 atom stereocenters. The minimum atomic E-state index is 0.0659. The maximum Gasteiger partial charge on any atom is 0.220 e. The van der Waals surface area contributed by atoms with Crippen molar-refractivity contribution < 1.29 is 13.9 Å². The number of nitrogens with zero attached hydrogens (tertiary/aromatic N) is 1. The molecule has 3 heterocycles. The molecule has 3 rings (SSSR count). The Balaban J connectivity index is 1.52. The first-order chi connectivity index (χ1) is 11.3. The number of hydrogen-bond acceptors (Lipinski definition) is 5. The van der Waals surface area contributed by atoms with Crippen LogP contribution < -0.4 is 5.32 Å². The van der Waals surface area contributed by atoms with Crippen LogP contribution in [-0.2, 0) is 16.0 Å². The molecule has 124 valence electrons. The van der Waals surface area contributed by atoms with Crippen LogP contribution in [0.1, 0.15) is 23.1 Å². The average molecular weight is 334 g/mol. The van der Waals surface area contributed by atoms with E-state index in [9.17, 15) is 4.79 Å². The van der Waals surface area contributed by atoms with Crippen molar-refractivity contribution in [1.82, 2.24) is 10.2 Å². The molecule has 1 N–H and O–H groups in total. The molecule has 0 aromatic carbocycles. The summed E-state index contributed by atoms with van der Waals surface area (Å²) in [5.74, 6) is 0.916. The van der Waals surface area contributed by atoms with Crippen LogP contribution in [0.3, 0.4) is 0 Å². The smallest absolute Gasteiger partial charge is 0.220 e. The standard InChI is InChI=1S/C17H22N2O3S/c20-17(6-5-14-3-1-9-22-14)18-13-15(16-4-2-12-23-16)19-7-10-21-11-8-19/h1-4,9,12,15H,5-8,10-11,13H2,(H,18,20). The molecule has 0 saturated carbocycles. The van der Waals surface area contributed by atoms with E-state index in [4.69, 9.17) is 9.15 Å². The van der Waals surface area contributed by atoms with E-state index in [2.05, 4.69) is 27.7 Å². The van der Waals surface area contributed by atoms with E-state index in [0.29, 0.717) is 19.4 Å². The molecule has 23 heavy (non-hydrogen) atoms. The number of carbonyl (C=O) groups is 1. The van der Waals surface area contributed by atoms with Gasteiger partial charge in [0.15, 0.2) is 0 Å². The summed E-state index contributed by atoms with van der Waals surface area (Å²) < 4.78 is 10.7. The van der Waals surface area contributed by atoms with E-state index in [0.717, 1.165) is 32.1 Å². The summed E-state index contributed by atoms with van der Waals surface area (Å²) in [6.07, 6.45) is 2.73. The van der Waals surface area contributed by atoms with Crippen molar-refractivity contribution in [2.45, 2.75) is 18.9 Å². The molecule has 6 heteroatoms. The number of thiophene rings is 1. The molecule has 2 aromatic heterocycles. The van der Waals surface area contributed by atoms with Crippen LogP contribution in [0.15, 0.2) is 40.3 Å². The molecule has 1 aliphatic rings. The van der Waals surface area contributed by atoms with E-state index in [1.807, 2.05) is 12.1 Å². The first-order valence-corrected chi connectivity index (χ1v) is 8.85. The topological polar surface area (TPSA) is 54.7 Å². The molecule has 5 nitrogen and oxygen atoms in total. The van der Waals surface area contributed by atoms with Gasteiger partial charge in [0.2, 0.25) is 5.91 Å². The first-order valence-electron chi connectivity index (χ1n) is 7.97. The van der Waals surface area contributed by atoms with Crippen molar-refractivity contribution >= 4 is 17.2 Å². The second-order valence-corrected chi connectivity index (χ2v) is 6.54. The minimum Gasteiger partial charge on any atom is -0.469 e. The molecule has 1 aliphatic heterocycles. The number of hydrogen-bond donors (Lipinski definition) is 1. The predicted octanol–water partition coefficient (Wildman–Crippen LogP) is 2.46. The maximum absolute atomic E-state index is 12.1. The van der Waals surface area contributed by atoms with Gasteiger partial charge in [-0.2, -0.15) is 0 Å². The van der Waals surface area contributed by atoms with Gasteiger partial charge < -0.3 is 14.5 Å². The van der Waals surface area contributed by atoms with Crippen LogP contribution in [0.2, 0.25) is 0 Å². The van der Waals surface area contributed by atoms with Crippen molar-refractivity contribution in [1.29, 1.82) is 0 Å². The molecule has 0 spiro atoms. The van der Waals surface area contributed by atoms with Gasteiger partial charge >= 0.3 is 0 Å². The fraction of sp³-hybridized carbons (Fsp3) is 0.471. The van der Waals surface area contributed by atoms with E-state index in [1.54, 1.807) is 17.6 Å². The summed E-state index contributed by atoms with van der Waals surface area (Å²) in [4.78, 5) is 15.8. The number of furan rings is 1. The van der Waals surface area contributed by atoms with Gasteiger partial charge in [0.05, 0.1) is 25.5 Å². The normalized spacial score (nSPS) is 17.0. The van der Waals surface area contributed by atoms with Crippen LogP contribution in [0, 0.1) is 0 Å². The lowest BCUT2D eigenvalue weighted by Crippen LogP contribution is -2.43. The summed E-state index contributed by atoms with van der Waals surface area (Å²) in [6.45, 7) is 3.97. The summed E-state index contributed by atoms with van der Waals surface area (Å²) in [5.41, 5.74) is 0. The predicted molar refractivity (Wildman–Crippen MR) is 89.5 cm³/mol. The number of aryl methyl sites for hydroxylation is 1. The van der Waals surface area contributed by atoms with Gasteiger partial charge in [-0.05, 0) is 23.6 Å². The molecule has 2 aromatic rings. The zero-order valence-corrected chi connectivity index (χ0v) is 13.9. The van der Waals surface area contributed by atoms with Crippen LogP contribution in [0.4, 0.5) is 0 Å². The van der Waals surface area contributed by atoms with Crippen molar-refractivity contribution in [2.24, 2.45) is 0 Å². The largest absolute Gasteiger partial charge is 0.469 e. The second kappa shape index (κ2) is 8.29. The van der Waals surface area contributed by atoms with Gasteiger partial charge in [0.1, 0.15) is 5.76 Å². The van der Waals surface area contributed by atoms with Gasteiger partial charge in [0, 0.05) is 37.4 Å².